The summed E-state index contributed by atoms with van der Waals surface area (Å²) in [6.45, 7) is 3.71. The van der Waals surface area contributed by atoms with Crippen molar-refractivity contribution in [1.82, 2.24) is 4.90 Å². The van der Waals surface area contributed by atoms with Crippen molar-refractivity contribution in [2.24, 2.45) is 0 Å². The number of nitrogens with zero attached hydrogens (tertiary/aromatic N) is 1. The maximum atomic E-state index is 13.0. The lowest BCUT2D eigenvalue weighted by molar-refractivity contribution is -0.137. The van der Waals surface area contributed by atoms with Crippen molar-refractivity contribution in [1.29, 1.82) is 0 Å². The average molecular weight is 407 g/mol. The molecule has 8 heteroatoms. The summed E-state index contributed by atoms with van der Waals surface area (Å²) < 4.78 is 39.0. The fourth-order valence-corrected chi connectivity index (χ4v) is 2.88. The monoisotopic (exact) mass is 407 g/mol. The second kappa shape index (κ2) is 9.56. The van der Waals surface area contributed by atoms with Crippen molar-refractivity contribution in [3.63, 3.8) is 0 Å². The number of nitrogens with one attached hydrogen (secondary N) is 2. The standard InChI is InChI=1S/C21H24F3N3O2/c1-14(2)15-8-4-6-10-17(15)25-19(28)12-27(3)13-20(29)26-18-11-7-5-9-16(18)21(22,23)24/h4-11,14H,12-13H2,1-3H3,(H,25,28)(H,26,29). The summed E-state index contributed by atoms with van der Waals surface area (Å²) in [4.78, 5) is 25.9. The zero-order valence-corrected chi connectivity index (χ0v) is 16.5. The van der Waals surface area contributed by atoms with Gasteiger partial charge in [-0.2, -0.15) is 13.2 Å². The Morgan fingerprint density at radius 1 is 0.897 bits per heavy atom. The lowest BCUT2D eigenvalue weighted by atomic mass is 10.0. The summed E-state index contributed by atoms with van der Waals surface area (Å²) in [7, 11) is 1.54. The first-order valence-electron chi connectivity index (χ1n) is 9.11. The number of alkyl halides is 3. The molecule has 0 aliphatic rings. The molecule has 2 aromatic carbocycles. The van der Waals surface area contributed by atoms with E-state index in [2.05, 4.69) is 10.6 Å². The maximum Gasteiger partial charge on any atom is 0.418 e. The number of benzene rings is 2. The highest BCUT2D eigenvalue weighted by atomic mass is 19.4. The molecule has 0 saturated carbocycles. The van der Waals surface area contributed by atoms with Gasteiger partial charge in [0.2, 0.25) is 11.8 Å². The van der Waals surface area contributed by atoms with E-state index in [1.54, 1.807) is 13.1 Å². The van der Waals surface area contributed by atoms with E-state index in [-0.39, 0.29) is 30.6 Å². The van der Waals surface area contributed by atoms with Crippen LogP contribution in [0.5, 0.6) is 0 Å². The third kappa shape index (κ3) is 6.60. The van der Waals surface area contributed by atoms with Crippen LogP contribution >= 0.6 is 0 Å². The van der Waals surface area contributed by atoms with Gasteiger partial charge < -0.3 is 10.6 Å². The summed E-state index contributed by atoms with van der Waals surface area (Å²) in [6.07, 6.45) is -4.57. The summed E-state index contributed by atoms with van der Waals surface area (Å²) in [5.74, 6) is -0.729. The number of carbonyl (C=O) groups excluding carboxylic acids is 2. The summed E-state index contributed by atoms with van der Waals surface area (Å²) in [6, 6.07) is 12.2. The van der Waals surface area contributed by atoms with Gasteiger partial charge in [-0.1, -0.05) is 44.2 Å². The molecule has 29 heavy (non-hydrogen) atoms. The highest BCUT2D eigenvalue weighted by molar-refractivity contribution is 5.95. The number of hydrogen-bond donors (Lipinski definition) is 2. The van der Waals surface area contributed by atoms with Crippen molar-refractivity contribution in [3.05, 3.63) is 59.7 Å². The maximum absolute atomic E-state index is 13.0. The van der Waals surface area contributed by atoms with E-state index in [0.29, 0.717) is 5.69 Å². The third-order valence-corrected chi connectivity index (χ3v) is 4.19. The van der Waals surface area contributed by atoms with Gasteiger partial charge in [-0.15, -0.1) is 0 Å². The molecule has 0 aromatic heterocycles. The smallest absolute Gasteiger partial charge is 0.325 e. The van der Waals surface area contributed by atoms with Gasteiger partial charge in [-0.25, -0.2) is 0 Å². The van der Waals surface area contributed by atoms with Crippen LogP contribution in [0.15, 0.2) is 48.5 Å². The summed E-state index contributed by atoms with van der Waals surface area (Å²) >= 11 is 0. The van der Waals surface area contributed by atoms with E-state index in [0.717, 1.165) is 11.6 Å². The van der Waals surface area contributed by atoms with Crippen LogP contribution in [0.2, 0.25) is 0 Å². The molecular weight excluding hydrogens is 383 g/mol. The Labute approximate surface area is 167 Å². The number of amides is 2. The second-order valence-electron chi connectivity index (χ2n) is 7.05. The molecule has 0 fully saturated rings. The normalized spacial score (nSPS) is 11.6. The van der Waals surface area contributed by atoms with Gasteiger partial charge >= 0.3 is 6.18 Å². The molecule has 2 N–H and O–H groups in total. The van der Waals surface area contributed by atoms with Gasteiger partial charge in [0.25, 0.3) is 0 Å². The number of rotatable bonds is 7. The summed E-state index contributed by atoms with van der Waals surface area (Å²) in [5, 5.41) is 5.08. The first-order chi connectivity index (χ1) is 13.6. The minimum absolute atomic E-state index is 0.0826. The topological polar surface area (TPSA) is 61.4 Å². The van der Waals surface area contributed by atoms with E-state index >= 15 is 0 Å². The van der Waals surface area contributed by atoms with Crippen molar-refractivity contribution in [2.45, 2.75) is 25.9 Å². The lowest BCUT2D eigenvalue weighted by Crippen LogP contribution is -2.36. The molecule has 0 heterocycles. The van der Waals surface area contributed by atoms with E-state index in [4.69, 9.17) is 0 Å². The summed E-state index contributed by atoms with van der Waals surface area (Å²) in [5.41, 5.74) is 0.460. The number of hydrogen-bond acceptors (Lipinski definition) is 3. The van der Waals surface area contributed by atoms with Crippen molar-refractivity contribution in [3.8, 4) is 0 Å². The molecule has 0 atom stereocenters. The van der Waals surface area contributed by atoms with E-state index < -0.39 is 17.6 Å². The van der Waals surface area contributed by atoms with Gasteiger partial charge in [-0.05, 0) is 36.7 Å². The fraction of sp³-hybridized carbons (Fsp3) is 0.333. The second-order valence-corrected chi connectivity index (χ2v) is 7.05. The number of carbonyl (C=O) groups is 2. The van der Waals surface area contributed by atoms with Crippen molar-refractivity contribution >= 4 is 23.2 Å². The van der Waals surface area contributed by atoms with Crippen LogP contribution in [0.3, 0.4) is 0 Å². The van der Waals surface area contributed by atoms with Crippen LogP contribution in [-0.2, 0) is 15.8 Å². The van der Waals surface area contributed by atoms with E-state index in [9.17, 15) is 22.8 Å². The number of para-hydroxylation sites is 2. The quantitative estimate of drug-likeness (QED) is 0.718. The first-order valence-corrected chi connectivity index (χ1v) is 9.11. The molecule has 0 unspecified atom stereocenters. The van der Waals surface area contributed by atoms with Gasteiger partial charge in [0.15, 0.2) is 0 Å². The van der Waals surface area contributed by atoms with Crippen LogP contribution in [0.4, 0.5) is 24.5 Å². The highest BCUT2D eigenvalue weighted by Gasteiger charge is 2.33. The molecule has 0 spiro atoms. The van der Waals surface area contributed by atoms with Crippen LogP contribution in [-0.4, -0.2) is 36.9 Å². The lowest BCUT2D eigenvalue weighted by Gasteiger charge is -2.19. The fourth-order valence-electron chi connectivity index (χ4n) is 2.88. The van der Waals surface area contributed by atoms with Gasteiger partial charge in [0, 0.05) is 5.69 Å². The molecule has 156 valence electrons. The predicted octanol–water partition coefficient (Wildman–Crippen LogP) is 4.34. The molecule has 2 rings (SSSR count). The van der Waals surface area contributed by atoms with Crippen LogP contribution < -0.4 is 10.6 Å². The largest absolute Gasteiger partial charge is 0.418 e. The number of halogens is 3. The molecule has 0 radical (unpaired) electrons. The Morgan fingerprint density at radius 3 is 1.93 bits per heavy atom. The van der Waals surface area contributed by atoms with Crippen LogP contribution in [0, 0.1) is 0 Å². The van der Waals surface area contributed by atoms with Crippen LogP contribution in [0.25, 0.3) is 0 Å². The molecule has 2 amide bonds. The van der Waals surface area contributed by atoms with Crippen molar-refractivity contribution < 1.29 is 22.8 Å². The van der Waals surface area contributed by atoms with Crippen molar-refractivity contribution in [2.75, 3.05) is 30.8 Å². The molecular formula is C21H24F3N3O2. The third-order valence-electron chi connectivity index (χ3n) is 4.19. The van der Waals surface area contributed by atoms with Gasteiger partial charge in [0.05, 0.1) is 24.3 Å². The average Bonchev–Trinajstić information content (AvgIpc) is 2.61. The minimum Gasteiger partial charge on any atom is -0.325 e. The number of anilines is 2. The van der Waals surface area contributed by atoms with Gasteiger partial charge in [0.1, 0.15) is 0 Å². The van der Waals surface area contributed by atoms with E-state index in [1.807, 2.05) is 32.0 Å². The Balaban J connectivity index is 1.94. The van der Waals surface area contributed by atoms with Gasteiger partial charge in [-0.3, -0.25) is 14.5 Å². The predicted molar refractivity (Wildman–Crippen MR) is 107 cm³/mol. The molecule has 0 aliphatic heterocycles. The molecule has 2 aromatic rings. The molecule has 0 bridgehead atoms. The Morgan fingerprint density at radius 2 is 1.38 bits per heavy atom. The Kier molecular flexibility index (Phi) is 7.39. The Bertz CT molecular complexity index is 866. The molecule has 5 nitrogen and oxygen atoms in total. The number of likely N-dealkylation sites (N-methyl/N-ethyl adjacent to an activating group) is 1. The zero-order chi connectivity index (χ0) is 21.6. The molecule has 0 saturated heterocycles. The van der Waals surface area contributed by atoms with E-state index in [1.165, 1.54) is 23.1 Å². The Hall–Kier alpha value is -2.87. The molecule has 0 aliphatic carbocycles. The first kappa shape index (κ1) is 22.4. The highest BCUT2D eigenvalue weighted by Crippen LogP contribution is 2.34. The SMILES string of the molecule is CC(C)c1ccccc1NC(=O)CN(C)CC(=O)Nc1ccccc1C(F)(F)F. The zero-order valence-electron chi connectivity index (χ0n) is 16.5. The van der Waals surface area contributed by atoms with Crippen LogP contribution in [0.1, 0.15) is 30.9 Å². The minimum atomic E-state index is -4.57.